The Kier molecular flexibility index (Phi) is 7.14. The maximum Gasteiger partial charge on any atom is 0.255 e. The van der Waals surface area contributed by atoms with Crippen molar-refractivity contribution in [2.45, 2.75) is 0 Å². The normalized spacial score (nSPS) is 12.2. The first-order valence-electron chi connectivity index (χ1n) is 12.7. The molecule has 1 amide bonds. The van der Waals surface area contributed by atoms with Gasteiger partial charge < -0.3 is 18.7 Å². The first-order valence-corrected chi connectivity index (χ1v) is 14.6. The molecule has 0 fully saturated rings. The maximum absolute atomic E-state index is 15.2. The number of amides is 1. The molecule has 0 radical (unpaired) electrons. The highest BCUT2D eigenvalue weighted by Gasteiger charge is 2.26. The highest BCUT2D eigenvalue weighted by atomic mass is 35.5. The Morgan fingerprint density at radius 1 is 0.952 bits per heavy atom. The summed E-state index contributed by atoms with van der Waals surface area (Å²) in [6.45, 7) is 0. The van der Waals surface area contributed by atoms with Gasteiger partial charge in [-0.05, 0) is 66.2 Å². The van der Waals surface area contributed by atoms with Crippen LogP contribution < -0.4 is 9.62 Å². The number of carbonyl (C=O) groups excluding carboxylic acids is 1. The van der Waals surface area contributed by atoms with Crippen molar-refractivity contribution in [3.05, 3.63) is 95.0 Å². The Hall–Kier alpha value is -4.38. The molecule has 1 N–H and O–H groups in total. The number of fused-ring (bicyclic) bond motifs is 2. The molecular formula is C31H22ClF2N3O4S. The van der Waals surface area contributed by atoms with E-state index in [1.807, 2.05) is 0 Å². The van der Waals surface area contributed by atoms with E-state index in [2.05, 4.69) is 10.3 Å². The topological polar surface area (TPSA) is 94.6 Å². The van der Waals surface area contributed by atoms with E-state index < -0.39 is 28.9 Å². The van der Waals surface area contributed by atoms with Gasteiger partial charge in [-0.1, -0.05) is 17.7 Å². The Morgan fingerprint density at radius 3 is 2.38 bits per heavy atom. The van der Waals surface area contributed by atoms with Crippen molar-refractivity contribution >= 4 is 56.6 Å². The summed E-state index contributed by atoms with van der Waals surface area (Å²) in [4.78, 5) is 17.6. The summed E-state index contributed by atoms with van der Waals surface area (Å²) in [7, 11) is 3.12. The SMILES string of the molecule is CNC(=O)c1c(-c2ccc(F)cc2)oc2cc(N(C)[S+](C)[O-])c(-c3cc(F)cc(-c4nc5c(Cl)cccc5o4)c3)cc12. The second kappa shape index (κ2) is 10.8. The molecule has 0 aliphatic heterocycles. The molecule has 0 saturated carbocycles. The highest BCUT2D eigenvalue weighted by molar-refractivity contribution is 7.92. The van der Waals surface area contributed by atoms with Gasteiger partial charge in [0, 0.05) is 35.2 Å². The zero-order chi connectivity index (χ0) is 29.7. The number of furan rings is 1. The average molecular weight is 606 g/mol. The maximum atomic E-state index is 15.2. The van der Waals surface area contributed by atoms with E-state index in [-0.39, 0.29) is 17.2 Å². The smallest absolute Gasteiger partial charge is 0.255 e. The summed E-state index contributed by atoms with van der Waals surface area (Å²) >= 11 is 4.81. The molecule has 0 spiro atoms. The van der Waals surface area contributed by atoms with Gasteiger partial charge in [0.2, 0.25) is 5.89 Å². The number of aromatic nitrogens is 1. The number of nitrogens with zero attached hydrogens (tertiary/aromatic N) is 2. The van der Waals surface area contributed by atoms with Crippen molar-refractivity contribution in [1.82, 2.24) is 10.3 Å². The van der Waals surface area contributed by atoms with Crippen LogP contribution in [0.1, 0.15) is 10.4 Å². The number of halogens is 3. The number of carbonyl (C=O) groups is 1. The molecule has 2 heterocycles. The van der Waals surface area contributed by atoms with Crippen molar-refractivity contribution in [1.29, 1.82) is 0 Å². The number of nitrogens with one attached hydrogen (secondary N) is 1. The van der Waals surface area contributed by atoms with Crippen LogP contribution in [0.2, 0.25) is 5.02 Å². The predicted octanol–water partition coefficient (Wildman–Crippen LogP) is 7.60. The standard InChI is InChI=1S/C31H22ClF2N3O4S/c1-35-30(38)27-22-14-21(17-11-18(13-20(34)12-17)31-36-28-23(32)5-4-6-25(28)41-31)24(37(2)42(3)39)15-26(22)40-29(27)16-7-9-19(33)10-8-16/h4-15H,1-3H3,(H,35,38). The molecule has 1 atom stereocenters. The van der Waals surface area contributed by atoms with Crippen molar-refractivity contribution in [2.24, 2.45) is 0 Å². The van der Waals surface area contributed by atoms with E-state index in [1.54, 1.807) is 43.4 Å². The second-order valence-electron chi connectivity index (χ2n) is 9.51. The Balaban J connectivity index is 1.60. The summed E-state index contributed by atoms with van der Waals surface area (Å²) in [5.74, 6) is -1.02. The van der Waals surface area contributed by atoms with E-state index in [4.69, 9.17) is 20.4 Å². The van der Waals surface area contributed by atoms with E-state index >= 15 is 4.39 Å². The van der Waals surface area contributed by atoms with Crippen LogP contribution >= 0.6 is 11.6 Å². The number of rotatable bonds is 6. The lowest BCUT2D eigenvalue weighted by Crippen LogP contribution is -2.25. The van der Waals surface area contributed by atoms with Gasteiger partial charge in [0.05, 0.1) is 34.7 Å². The van der Waals surface area contributed by atoms with Crippen LogP contribution in [0, 0.1) is 11.6 Å². The van der Waals surface area contributed by atoms with Gasteiger partial charge in [0.15, 0.2) is 5.58 Å². The van der Waals surface area contributed by atoms with Gasteiger partial charge in [0.25, 0.3) is 5.91 Å². The molecule has 7 nitrogen and oxygen atoms in total. The molecule has 2 aromatic heterocycles. The Bertz CT molecular complexity index is 1990. The summed E-state index contributed by atoms with van der Waals surface area (Å²) in [6.07, 6.45) is 1.51. The molecule has 0 aliphatic rings. The third-order valence-electron chi connectivity index (χ3n) is 6.92. The lowest BCUT2D eigenvalue weighted by Gasteiger charge is -2.22. The van der Waals surface area contributed by atoms with Gasteiger partial charge in [-0.3, -0.25) is 4.79 Å². The van der Waals surface area contributed by atoms with Gasteiger partial charge in [0.1, 0.15) is 34.8 Å². The number of oxazole rings is 1. The minimum Gasteiger partial charge on any atom is -0.593 e. The molecular weight excluding hydrogens is 584 g/mol. The lowest BCUT2D eigenvalue weighted by molar-refractivity contribution is 0.0964. The van der Waals surface area contributed by atoms with Crippen LogP contribution in [0.3, 0.4) is 0 Å². The van der Waals surface area contributed by atoms with Crippen LogP contribution in [0.25, 0.3) is 56.0 Å². The molecule has 0 aliphatic carbocycles. The molecule has 42 heavy (non-hydrogen) atoms. The average Bonchev–Trinajstić information content (AvgIpc) is 3.58. The van der Waals surface area contributed by atoms with Crippen LogP contribution in [-0.2, 0) is 11.4 Å². The molecule has 11 heteroatoms. The fourth-order valence-electron chi connectivity index (χ4n) is 4.82. The summed E-state index contributed by atoms with van der Waals surface area (Å²) < 4.78 is 55.0. The van der Waals surface area contributed by atoms with Crippen LogP contribution in [0.15, 0.2) is 81.6 Å². The molecule has 4 aromatic carbocycles. The van der Waals surface area contributed by atoms with E-state index in [1.165, 1.54) is 54.0 Å². The minimum absolute atomic E-state index is 0.168. The van der Waals surface area contributed by atoms with E-state index in [9.17, 15) is 13.7 Å². The fraction of sp³-hybridized carbons (Fsp3) is 0.0968. The van der Waals surface area contributed by atoms with Crippen LogP contribution in [-0.4, -0.2) is 35.8 Å². The summed E-state index contributed by atoms with van der Waals surface area (Å²) in [5, 5.41) is 3.46. The third kappa shape index (κ3) is 4.87. The second-order valence-corrected chi connectivity index (χ2v) is 11.3. The quantitative estimate of drug-likeness (QED) is 0.197. The highest BCUT2D eigenvalue weighted by Crippen LogP contribution is 2.42. The Morgan fingerprint density at radius 2 is 1.69 bits per heavy atom. The van der Waals surface area contributed by atoms with Crippen molar-refractivity contribution < 1.29 is 27.0 Å². The number of hydrogen-bond acceptors (Lipinski definition) is 6. The summed E-state index contributed by atoms with van der Waals surface area (Å²) in [5.41, 5.74) is 3.65. The van der Waals surface area contributed by atoms with Gasteiger partial charge in [-0.25, -0.2) is 13.8 Å². The van der Waals surface area contributed by atoms with Crippen LogP contribution in [0.5, 0.6) is 0 Å². The van der Waals surface area contributed by atoms with Crippen molar-refractivity contribution in [3.63, 3.8) is 0 Å². The van der Waals surface area contributed by atoms with E-state index in [0.29, 0.717) is 55.0 Å². The summed E-state index contributed by atoms with van der Waals surface area (Å²) in [6, 6.07) is 18.4. The molecule has 212 valence electrons. The van der Waals surface area contributed by atoms with Crippen LogP contribution in [0.4, 0.5) is 14.5 Å². The number of para-hydroxylation sites is 1. The molecule has 0 bridgehead atoms. The van der Waals surface area contributed by atoms with Crippen molar-refractivity contribution in [2.75, 3.05) is 24.7 Å². The third-order valence-corrected chi connectivity index (χ3v) is 8.19. The zero-order valence-corrected chi connectivity index (χ0v) is 24.1. The van der Waals surface area contributed by atoms with E-state index in [0.717, 1.165) is 0 Å². The number of benzene rings is 4. The number of anilines is 1. The number of hydrogen-bond donors (Lipinski definition) is 1. The first-order chi connectivity index (χ1) is 20.1. The van der Waals surface area contributed by atoms with Gasteiger partial charge in [-0.2, -0.15) is 4.31 Å². The monoisotopic (exact) mass is 605 g/mol. The minimum atomic E-state index is -1.46. The Labute approximate surface area is 247 Å². The zero-order valence-electron chi connectivity index (χ0n) is 22.5. The van der Waals surface area contributed by atoms with Crippen molar-refractivity contribution in [3.8, 4) is 33.9 Å². The predicted molar refractivity (Wildman–Crippen MR) is 161 cm³/mol. The molecule has 6 aromatic rings. The molecule has 0 saturated heterocycles. The molecule has 6 rings (SSSR count). The lowest BCUT2D eigenvalue weighted by atomic mass is 9.97. The van der Waals surface area contributed by atoms with Gasteiger partial charge in [-0.15, -0.1) is 0 Å². The molecule has 1 unspecified atom stereocenters. The first kappa shape index (κ1) is 27.8. The van der Waals surface area contributed by atoms with Gasteiger partial charge >= 0.3 is 0 Å². The fourth-order valence-corrected chi connectivity index (χ4v) is 5.46. The largest absolute Gasteiger partial charge is 0.593 e.